The van der Waals surface area contributed by atoms with E-state index < -0.39 is 0 Å². The van der Waals surface area contributed by atoms with Crippen LogP contribution in [0.2, 0.25) is 0 Å². The van der Waals surface area contributed by atoms with E-state index >= 15 is 0 Å². The molecule has 126 valence electrons. The molecule has 2 aliphatic rings. The van der Waals surface area contributed by atoms with Crippen LogP contribution in [0.5, 0.6) is 0 Å². The molecule has 0 radical (unpaired) electrons. The standard InChI is InChI=1S/C16H24N4O3/c1-13(18-15-14(20(21)22)5-4-8-17-15)16(6-2-3-7-16)19-9-11-23-12-10-19/h4-5,8,13H,2-3,6-7,9-12H2,1H3,(H,17,18)/t13-/m1/s1. The number of ether oxygens (including phenoxy) is 1. The minimum Gasteiger partial charge on any atom is -0.379 e. The van der Waals surface area contributed by atoms with Crippen molar-refractivity contribution in [1.82, 2.24) is 9.88 Å². The molecule has 1 saturated carbocycles. The van der Waals surface area contributed by atoms with Crippen LogP contribution in [-0.2, 0) is 4.74 Å². The number of rotatable bonds is 5. The Morgan fingerprint density at radius 1 is 1.39 bits per heavy atom. The van der Waals surface area contributed by atoms with Gasteiger partial charge in [0.25, 0.3) is 0 Å². The van der Waals surface area contributed by atoms with Gasteiger partial charge >= 0.3 is 5.69 Å². The summed E-state index contributed by atoms with van der Waals surface area (Å²) in [5, 5.41) is 14.5. The molecule has 23 heavy (non-hydrogen) atoms. The van der Waals surface area contributed by atoms with Crippen molar-refractivity contribution in [3.05, 3.63) is 28.4 Å². The molecule has 7 heteroatoms. The van der Waals surface area contributed by atoms with Crippen LogP contribution in [0.4, 0.5) is 11.5 Å². The van der Waals surface area contributed by atoms with Crippen LogP contribution in [0.15, 0.2) is 18.3 Å². The number of pyridine rings is 1. The van der Waals surface area contributed by atoms with Gasteiger partial charge in [0.1, 0.15) is 0 Å². The zero-order valence-electron chi connectivity index (χ0n) is 13.5. The zero-order valence-corrected chi connectivity index (χ0v) is 13.5. The second-order valence-electron chi connectivity index (χ2n) is 6.40. The summed E-state index contributed by atoms with van der Waals surface area (Å²) in [7, 11) is 0. The van der Waals surface area contributed by atoms with Crippen LogP contribution in [-0.4, -0.2) is 52.7 Å². The quantitative estimate of drug-likeness (QED) is 0.663. The molecule has 0 aromatic carbocycles. The fraction of sp³-hybridized carbons (Fsp3) is 0.688. The lowest BCUT2D eigenvalue weighted by molar-refractivity contribution is -0.384. The molecule has 0 bridgehead atoms. The number of morpholine rings is 1. The molecule has 7 nitrogen and oxygen atoms in total. The minimum absolute atomic E-state index is 0.0366. The lowest BCUT2D eigenvalue weighted by atomic mass is 9.86. The first-order chi connectivity index (χ1) is 11.1. The number of nitrogens with zero attached hydrogens (tertiary/aromatic N) is 3. The molecule has 1 aliphatic carbocycles. The van der Waals surface area contributed by atoms with E-state index in [0.29, 0.717) is 5.82 Å². The Kier molecular flexibility index (Phi) is 4.77. The Morgan fingerprint density at radius 2 is 2.09 bits per heavy atom. The summed E-state index contributed by atoms with van der Waals surface area (Å²) in [6.45, 7) is 5.50. The summed E-state index contributed by atoms with van der Waals surface area (Å²) in [6.07, 6.45) is 6.23. The largest absolute Gasteiger partial charge is 0.379 e. The first-order valence-electron chi connectivity index (χ1n) is 8.32. The molecule has 1 saturated heterocycles. The second kappa shape index (κ2) is 6.80. The highest BCUT2D eigenvalue weighted by Crippen LogP contribution is 2.40. The fourth-order valence-electron chi connectivity index (χ4n) is 4.01. The van der Waals surface area contributed by atoms with Gasteiger partial charge in [-0.15, -0.1) is 0 Å². The predicted molar refractivity (Wildman–Crippen MR) is 87.6 cm³/mol. The molecule has 1 atom stereocenters. The van der Waals surface area contributed by atoms with Crippen molar-refractivity contribution in [2.24, 2.45) is 0 Å². The van der Waals surface area contributed by atoms with E-state index in [1.165, 1.54) is 18.9 Å². The van der Waals surface area contributed by atoms with Gasteiger partial charge in [0.15, 0.2) is 0 Å². The molecule has 2 fully saturated rings. The van der Waals surface area contributed by atoms with Crippen molar-refractivity contribution in [2.75, 3.05) is 31.6 Å². The number of anilines is 1. The van der Waals surface area contributed by atoms with E-state index in [9.17, 15) is 10.1 Å². The third kappa shape index (κ3) is 3.16. The lowest BCUT2D eigenvalue weighted by Gasteiger charge is -2.47. The summed E-state index contributed by atoms with van der Waals surface area (Å²) >= 11 is 0. The van der Waals surface area contributed by atoms with Crippen LogP contribution in [0.25, 0.3) is 0 Å². The van der Waals surface area contributed by atoms with E-state index in [2.05, 4.69) is 22.1 Å². The zero-order chi connectivity index (χ0) is 16.3. The molecule has 0 unspecified atom stereocenters. The van der Waals surface area contributed by atoms with E-state index in [1.807, 2.05) is 0 Å². The molecular formula is C16H24N4O3. The number of hydrogen-bond acceptors (Lipinski definition) is 6. The molecule has 3 rings (SSSR count). The Balaban J connectivity index is 1.82. The van der Waals surface area contributed by atoms with E-state index in [4.69, 9.17) is 4.74 Å². The number of hydrogen-bond donors (Lipinski definition) is 1. The van der Waals surface area contributed by atoms with Gasteiger partial charge in [-0.05, 0) is 25.8 Å². The monoisotopic (exact) mass is 320 g/mol. The van der Waals surface area contributed by atoms with Crippen LogP contribution in [0.1, 0.15) is 32.6 Å². The van der Waals surface area contributed by atoms with Crippen LogP contribution in [0, 0.1) is 10.1 Å². The molecule has 1 aliphatic heterocycles. The molecule has 2 heterocycles. The molecule has 1 aromatic rings. The van der Waals surface area contributed by atoms with Gasteiger partial charge in [-0.25, -0.2) is 4.98 Å². The number of nitro groups is 1. The van der Waals surface area contributed by atoms with Crippen molar-refractivity contribution < 1.29 is 9.66 Å². The van der Waals surface area contributed by atoms with Gasteiger partial charge in [0.05, 0.1) is 18.1 Å². The first-order valence-corrected chi connectivity index (χ1v) is 8.32. The molecular weight excluding hydrogens is 296 g/mol. The Labute approximate surface area is 136 Å². The highest BCUT2D eigenvalue weighted by Gasteiger charge is 2.45. The summed E-state index contributed by atoms with van der Waals surface area (Å²) in [6, 6.07) is 3.19. The molecule has 0 amide bonds. The maximum Gasteiger partial charge on any atom is 0.311 e. The normalized spacial score (nSPS) is 22.7. The van der Waals surface area contributed by atoms with E-state index in [-0.39, 0.29) is 22.2 Å². The van der Waals surface area contributed by atoms with Gasteiger partial charge in [0.2, 0.25) is 5.82 Å². The number of aromatic nitrogens is 1. The maximum atomic E-state index is 11.2. The third-order valence-corrected chi connectivity index (χ3v) is 5.25. The molecule has 0 spiro atoms. The highest BCUT2D eigenvalue weighted by molar-refractivity contribution is 5.56. The van der Waals surface area contributed by atoms with Crippen LogP contribution < -0.4 is 5.32 Å². The van der Waals surface area contributed by atoms with Crippen molar-refractivity contribution in [1.29, 1.82) is 0 Å². The van der Waals surface area contributed by atoms with E-state index in [1.54, 1.807) is 12.3 Å². The van der Waals surface area contributed by atoms with Crippen LogP contribution >= 0.6 is 0 Å². The second-order valence-corrected chi connectivity index (χ2v) is 6.40. The predicted octanol–water partition coefficient (Wildman–Crippen LogP) is 2.44. The summed E-state index contributed by atoms with van der Waals surface area (Å²) < 4.78 is 5.49. The smallest absolute Gasteiger partial charge is 0.311 e. The lowest BCUT2D eigenvalue weighted by Crippen LogP contribution is -2.59. The Bertz CT molecular complexity index is 554. The molecule has 1 N–H and O–H groups in total. The summed E-state index contributed by atoms with van der Waals surface area (Å²) in [4.78, 5) is 17.5. The Morgan fingerprint density at radius 3 is 2.74 bits per heavy atom. The third-order valence-electron chi connectivity index (χ3n) is 5.25. The fourth-order valence-corrected chi connectivity index (χ4v) is 4.01. The Hall–Kier alpha value is -1.73. The SMILES string of the molecule is C[C@@H](Nc1ncccc1[N+](=O)[O-])C1(N2CCOCC2)CCCC1. The van der Waals surface area contributed by atoms with Crippen molar-refractivity contribution in [3.63, 3.8) is 0 Å². The van der Waals surface area contributed by atoms with Crippen LogP contribution in [0.3, 0.4) is 0 Å². The average Bonchev–Trinajstić information content (AvgIpc) is 3.07. The van der Waals surface area contributed by atoms with Gasteiger partial charge in [-0.3, -0.25) is 15.0 Å². The van der Waals surface area contributed by atoms with E-state index in [0.717, 1.165) is 39.1 Å². The number of nitrogens with one attached hydrogen (secondary N) is 1. The van der Waals surface area contributed by atoms with Gasteiger partial charge in [-0.2, -0.15) is 0 Å². The average molecular weight is 320 g/mol. The molecule has 1 aromatic heterocycles. The van der Waals surface area contributed by atoms with Gasteiger partial charge in [0, 0.05) is 36.9 Å². The van der Waals surface area contributed by atoms with Crippen molar-refractivity contribution >= 4 is 11.5 Å². The highest BCUT2D eigenvalue weighted by atomic mass is 16.6. The maximum absolute atomic E-state index is 11.2. The minimum atomic E-state index is -0.377. The van der Waals surface area contributed by atoms with Gasteiger partial charge < -0.3 is 10.1 Å². The van der Waals surface area contributed by atoms with Gasteiger partial charge in [-0.1, -0.05) is 12.8 Å². The van der Waals surface area contributed by atoms with Crippen molar-refractivity contribution in [2.45, 2.75) is 44.2 Å². The van der Waals surface area contributed by atoms with Crippen molar-refractivity contribution in [3.8, 4) is 0 Å². The summed E-state index contributed by atoms with van der Waals surface area (Å²) in [5.74, 6) is 0.365. The first kappa shape index (κ1) is 16.1. The topological polar surface area (TPSA) is 80.5 Å². The summed E-state index contributed by atoms with van der Waals surface area (Å²) in [5.41, 5.74) is 0.0734.